The molecule has 0 fully saturated rings. The van der Waals surface area contributed by atoms with Crippen molar-refractivity contribution in [2.24, 2.45) is 0 Å². The molecule has 180 valence electrons. The van der Waals surface area contributed by atoms with E-state index in [1.807, 2.05) is 0 Å². The zero-order valence-corrected chi connectivity index (χ0v) is 20.5. The van der Waals surface area contributed by atoms with Crippen LogP contribution < -0.4 is 9.62 Å². The lowest BCUT2D eigenvalue weighted by atomic mass is 10.1. The molecule has 2 amide bonds. The van der Waals surface area contributed by atoms with Gasteiger partial charge in [-0.25, -0.2) is 12.8 Å². The highest BCUT2D eigenvalue weighted by Crippen LogP contribution is 2.21. The van der Waals surface area contributed by atoms with Crippen molar-refractivity contribution in [2.75, 3.05) is 23.7 Å². The van der Waals surface area contributed by atoms with Gasteiger partial charge in [0.1, 0.15) is 11.9 Å². The van der Waals surface area contributed by atoms with Crippen LogP contribution in [0.25, 0.3) is 0 Å². The molecule has 0 radical (unpaired) electrons. The van der Waals surface area contributed by atoms with Crippen LogP contribution in [0.4, 0.5) is 10.1 Å². The van der Waals surface area contributed by atoms with Gasteiger partial charge in [0.15, 0.2) is 0 Å². The number of sulfonamides is 1. The fourth-order valence-corrected chi connectivity index (χ4v) is 4.42. The van der Waals surface area contributed by atoms with Gasteiger partial charge in [-0.05, 0) is 50.6 Å². The predicted molar refractivity (Wildman–Crippen MR) is 128 cm³/mol. The van der Waals surface area contributed by atoms with Gasteiger partial charge in [0.25, 0.3) is 0 Å². The van der Waals surface area contributed by atoms with Gasteiger partial charge in [-0.2, -0.15) is 0 Å². The molecule has 1 N–H and O–H groups in total. The highest BCUT2D eigenvalue weighted by molar-refractivity contribution is 7.92. The number of amides is 2. The number of carbonyl (C=O) groups excluding carboxylic acids is 2. The zero-order valence-electron chi connectivity index (χ0n) is 18.9. The van der Waals surface area contributed by atoms with Gasteiger partial charge in [-0.1, -0.05) is 29.8 Å². The Hall–Kier alpha value is -2.65. The number of nitrogens with zero attached hydrogens (tertiary/aromatic N) is 2. The molecule has 2 aromatic rings. The lowest BCUT2D eigenvalue weighted by Gasteiger charge is -2.29. The summed E-state index contributed by atoms with van der Waals surface area (Å²) < 4.78 is 40.0. The molecular weight excluding hydrogens is 469 g/mol. The smallest absolute Gasteiger partial charge is 0.242 e. The Morgan fingerprint density at radius 2 is 1.76 bits per heavy atom. The van der Waals surface area contributed by atoms with Crippen molar-refractivity contribution >= 4 is 39.1 Å². The normalized spacial score (nSPS) is 12.2. The maximum Gasteiger partial charge on any atom is 0.242 e. The van der Waals surface area contributed by atoms with Crippen molar-refractivity contribution in [3.63, 3.8) is 0 Å². The highest BCUT2D eigenvalue weighted by atomic mass is 35.5. The SMILES string of the molecule is CCNC(=O)[C@@H](C)N(Cc1ccccc1F)C(=O)CCCN(c1ccc(Cl)cc1)S(C)(=O)=O. The molecule has 10 heteroatoms. The Kier molecular flexibility index (Phi) is 9.67. The number of likely N-dealkylation sites (N-methyl/N-ethyl adjacent to an activating group) is 1. The summed E-state index contributed by atoms with van der Waals surface area (Å²) in [4.78, 5) is 26.8. The summed E-state index contributed by atoms with van der Waals surface area (Å²) in [7, 11) is -3.59. The van der Waals surface area contributed by atoms with Crippen molar-refractivity contribution in [3.05, 3.63) is 64.9 Å². The van der Waals surface area contributed by atoms with E-state index in [4.69, 9.17) is 11.6 Å². The molecule has 0 bridgehead atoms. The minimum absolute atomic E-state index is 0.0161. The number of hydrogen-bond acceptors (Lipinski definition) is 4. The minimum Gasteiger partial charge on any atom is -0.355 e. The Morgan fingerprint density at radius 1 is 1.12 bits per heavy atom. The van der Waals surface area contributed by atoms with E-state index in [-0.39, 0.29) is 37.7 Å². The maximum atomic E-state index is 14.2. The molecule has 0 aliphatic heterocycles. The molecule has 33 heavy (non-hydrogen) atoms. The molecular formula is C23H29ClFN3O4S. The standard InChI is InChI=1S/C23H29ClFN3O4S/c1-4-26-23(30)17(2)27(16-18-8-5-6-9-21(18)25)22(29)10-7-15-28(33(3,31)32)20-13-11-19(24)12-14-20/h5-6,8-9,11-14,17H,4,7,10,15-16H2,1-3H3,(H,26,30)/t17-/m1/s1. The third-order valence-electron chi connectivity index (χ3n) is 5.08. The second-order valence-corrected chi connectivity index (χ2v) is 9.94. The third-order valence-corrected chi connectivity index (χ3v) is 6.53. The zero-order chi connectivity index (χ0) is 24.6. The van der Waals surface area contributed by atoms with Gasteiger partial charge in [-0.15, -0.1) is 0 Å². The molecule has 0 heterocycles. The number of carbonyl (C=O) groups is 2. The lowest BCUT2D eigenvalue weighted by molar-refractivity contribution is -0.140. The topological polar surface area (TPSA) is 86.8 Å². The van der Waals surface area contributed by atoms with E-state index in [9.17, 15) is 22.4 Å². The summed E-state index contributed by atoms with van der Waals surface area (Å²) in [6, 6.07) is 11.6. The molecule has 0 unspecified atom stereocenters. The highest BCUT2D eigenvalue weighted by Gasteiger charge is 2.27. The molecule has 0 spiro atoms. The molecule has 2 rings (SSSR count). The van der Waals surface area contributed by atoms with Crippen molar-refractivity contribution in [2.45, 2.75) is 39.3 Å². The number of nitrogens with one attached hydrogen (secondary N) is 1. The first kappa shape index (κ1) is 26.6. The van der Waals surface area contributed by atoms with Gasteiger partial charge in [-0.3, -0.25) is 13.9 Å². The number of anilines is 1. The van der Waals surface area contributed by atoms with Crippen LogP contribution in [0.1, 0.15) is 32.3 Å². The quantitative estimate of drug-likeness (QED) is 0.514. The summed E-state index contributed by atoms with van der Waals surface area (Å²) in [5, 5.41) is 3.15. The summed E-state index contributed by atoms with van der Waals surface area (Å²) in [5.74, 6) is -1.19. The molecule has 2 aromatic carbocycles. The van der Waals surface area contributed by atoms with Crippen molar-refractivity contribution < 1.29 is 22.4 Å². The largest absolute Gasteiger partial charge is 0.355 e. The summed E-state index contributed by atoms with van der Waals surface area (Å²) in [6.45, 7) is 3.74. The van der Waals surface area contributed by atoms with Crippen LogP contribution in [0.2, 0.25) is 5.02 Å². The van der Waals surface area contributed by atoms with Crippen LogP contribution in [0, 0.1) is 5.82 Å². The van der Waals surface area contributed by atoms with E-state index in [0.717, 1.165) is 6.26 Å². The Morgan fingerprint density at radius 3 is 2.33 bits per heavy atom. The van der Waals surface area contributed by atoms with Crippen LogP contribution >= 0.6 is 11.6 Å². The van der Waals surface area contributed by atoms with Crippen LogP contribution in [0.3, 0.4) is 0 Å². The van der Waals surface area contributed by atoms with Crippen molar-refractivity contribution in [1.82, 2.24) is 10.2 Å². The number of benzene rings is 2. The first-order valence-electron chi connectivity index (χ1n) is 10.6. The van der Waals surface area contributed by atoms with Gasteiger partial charge in [0.05, 0.1) is 11.9 Å². The number of hydrogen-bond donors (Lipinski definition) is 1. The summed E-state index contributed by atoms with van der Waals surface area (Å²) >= 11 is 5.89. The van der Waals surface area contributed by atoms with E-state index >= 15 is 0 Å². The van der Waals surface area contributed by atoms with E-state index in [1.165, 1.54) is 15.3 Å². The molecule has 7 nitrogen and oxygen atoms in total. The maximum absolute atomic E-state index is 14.2. The molecule has 0 aliphatic rings. The van der Waals surface area contributed by atoms with E-state index in [2.05, 4.69) is 5.32 Å². The van der Waals surface area contributed by atoms with Crippen LogP contribution in [-0.4, -0.2) is 50.5 Å². The first-order chi connectivity index (χ1) is 15.5. The van der Waals surface area contributed by atoms with E-state index in [1.54, 1.807) is 56.3 Å². The molecule has 1 atom stereocenters. The third kappa shape index (κ3) is 7.71. The fraction of sp³-hybridized carbons (Fsp3) is 0.391. The van der Waals surface area contributed by atoms with Gasteiger partial charge in [0.2, 0.25) is 21.8 Å². The predicted octanol–water partition coefficient (Wildman–Crippen LogP) is 3.58. The van der Waals surface area contributed by atoms with E-state index in [0.29, 0.717) is 22.8 Å². The molecule has 0 saturated heterocycles. The monoisotopic (exact) mass is 497 g/mol. The molecule has 0 aliphatic carbocycles. The summed E-state index contributed by atoms with van der Waals surface area (Å²) in [6.07, 6.45) is 1.29. The lowest BCUT2D eigenvalue weighted by Crippen LogP contribution is -2.47. The van der Waals surface area contributed by atoms with Gasteiger partial charge in [0, 0.05) is 36.6 Å². The van der Waals surface area contributed by atoms with Crippen molar-refractivity contribution in [3.8, 4) is 0 Å². The Bertz CT molecular complexity index is 1060. The second kappa shape index (κ2) is 12.0. The second-order valence-electron chi connectivity index (χ2n) is 7.60. The van der Waals surface area contributed by atoms with Gasteiger partial charge < -0.3 is 10.2 Å². The van der Waals surface area contributed by atoms with Crippen molar-refractivity contribution in [1.29, 1.82) is 0 Å². The Balaban J connectivity index is 2.15. The van der Waals surface area contributed by atoms with Crippen LogP contribution in [0.15, 0.2) is 48.5 Å². The molecule has 0 aromatic heterocycles. The summed E-state index contributed by atoms with van der Waals surface area (Å²) in [5.41, 5.74) is 0.731. The first-order valence-corrected chi connectivity index (χ1v) is 12.8. The molecule has 0 saturated carbocycles. The average Bonchev–Trinajstić information content (AvgIpc) is 2.75. The average molecular weight is 498 g/mol. The van der Waals surface area contributed by atoms with Crippen LogP contribution in [-0.2, 0) is 26.2 Å². The fourth-order valence-electron chi connectivity index (χ4n) is 3.33. The van der Waals surface area contributed by atoms with Gasteiger partial charge >= 0.3 is 0 Å². The Labute approximate surface area is 199 Å². The van der Waals surface area contributed by atoms with Crippen LogP contribution in [0.5, 0.6) is 0 Å². The minimum atomic E-state index is -3.59. The number of halogens is 2. The van der Waals surface area contributed by atoms with E-state index < -0.39 is 21.9 Å². The number of rotatable bonds is 11.